The first-order valence-electron chi connectivity index (χ1n) is 6.96. The maximum atomic E-state index is 13.4. The maximum Gasteiger partial charge on any atom is 0.337 e. The van der Waals surface area contributed by atoms with Crippen molar-refractivity contribution in [1.82, 2.24) is 9.97 Å². The van der Waals surface area contributed by atoms with Crippen LogP contribution in [0.25, 0.3) is 22.4 Å². The number of carboxylic acids is 1. The number of carboxylic acid groups (broad SMARTS) is 1. The number of aryl methyl sites for hydroxylation is 1. The fourth-order valence-corrected chi connectivity index (χ4v) is 2.36. The lowest BCUT2D eigenvalue weighted by Gasteiger charge is -2.09. The number of benzene rings is 1. The van der Waals surface area contributed by atoms with Gasteiger partial charge in [0.15, 0.2) is 0 Å². The Morgan fingerprint density at radius 3 is 2.52 bits per heavy atom. The molecule has 0 unspecified atom stereocenters. The molecule has 0 bridgehead atoms. The van der Waals surface area contributed by atoms with E-state index in [1.165, 1.54) is 24.3 Å². The summed E-state index contributed by atoms with van der Waals surface area (Å²) in [5.74, 6) is -1.55. The van der Waals surface area contributed by atoms with Crippen LogP contribution < -0.4 is 0 Å². The van der Waals surface area contributed by atoms with E-state index in [1.54, 1.807) is 24.7 Å². The van der Waals surface area contributed by atoms with Crippen LogP contribution in [0.1, 0.15) is 15.9 Å². The average molecular weight is 308 g/mol. The Hall–Kier alpha value is -3.08. The smallest absolute Gasteiger partial charge is 0.337 e. The number of halogens is 1. The number of aromatic nitrogens is 2. The molecule has 3 rings (SSSR count). The highest BCUT2D eigenvalue weighted by atomic mass is 19.1. The van der Waals surface area contributed by atoms with Crippen LogP contribution in [0.5, 0.6) is 0 Å². The van der Waals surface area contributed by atoms with Gasteiger partial charge in [-0.3, -0.25) is 9.97 Å². The minimum absolute atomic E-state index is 0.0228. The van der Waals surface area contributed by atoms with Gasteiger partial charge in [0.25, 0.3) is 0 Å². The van der Waals surface area contributed by atoms with Gasteiger partial charge in [-0.15, -0.1) is 0 Å². The first kappa shape index (κ1) is 14.8. The highest BCUT2D eigenvalue weighted by Gasteiger charge is 2.15. The summed E-state index contributed by atoms with van der Waals surface area (Å²) in [6.07, 6.45) is 4.94. The fraction of sp³-hybridized carbons (Fsp3) is 0.0556. The van der Waals surface area contributed by atoms with Crippen molar-refractivity contribution in [2.24, 2.45) is 0 Å². The zero-order valence-corrected chi connectivity index (χ0v) is 12.3. The second kappa shape index (κ2) is 5.96. The van der Waals surface area contributed by atoms with Crippen LogP contribution in [0.15, 0.2) is 55.0 Å². The molecule has 5 heteroatoms. The molecule has 0 amide bonds. The summed E-state index contributed by atoms with van der Waals surface area (Å²) < 4.78 is 13.4. The van der Waals surface area contributed by atoms with Crippen LogP contribution in [0.2, 0.25) is 0 Å². The Morgan fingerprint density at radius 1 is 1.04 bits per heavy atom. The number of nitrogens with zero attached hydrogens (tertiary/aromatic N) is 2. The molecule has 0 atom stereocenters. The quantitative estimate of drug-likeness (QED) is 0.795. The Balaban J connectivity index is 2.15. The van der Waals surface area contributed by atoms with Gasteiger partial charge >= 0.3 is 5.97 Å². The first-order valence-corrected chi connectivity index (χ1v) is 6.96. The van der Waals surface area contributed by atoms with E-state index < -0.39 is 11.8 Å². The summed E-state index contributed by atoms with van der Waals surface area (Å²) in [7, 11) is 0. The van der Waals surface area contributed by atoms with Crippen molar-refractivity contribution in [3.8, 4) is 22.4 Å². The molecule has 0 saturated carbocycles. The number of hydrogen-bond acceptors (Lipinski definition) is 3. The lowest BCUT2D eigenvalue weighted by atomic mass is 10.0. The molecule has 2 aromatic heterocycles. The number of hydrogen-bond donors (Lipinski definition) is 1. The molecule has 4 nitrogen and oxygen atoms in total. The maximum absolute atomic E-state index is 13.4. The third kappa shape index (κ3) is 3.08. The molecule has 1 aromatic carbocycles. The Kier molecular flexibility index (Phi) is 3.85. The Bertz CT molecular complexity index is 894. The van der Waals surface area contributed by atoms with Crippen molar-refractivity contribution in [3.63, 3.8) is 0 Å². The number of aromatic carboxylic acids is 1. The molecule has 2 heterocycles. The van der Waals surface area contributed by atoms with Crippen LogP contribution in [0.4, 0.5) is 4.39 Å². The van der Waals surface area contributed by atoms with Gasteiger partial charge in [-0.2, -0.15) is 0 Å². The molecule has 0 fully saturated rings. The van der Waals surface area contributed by atoms with Crippen LogP contribution in [-0.2, 0) is 0 Å². The average Bonchev–Trinajstić information content (AvgIpc) is 2.54. The highest BCUT2D eigenvalue weighted by molar-refractivity contribution is 5.96. The monoisotopic (exact) mass is 308 g/mol. The molecule has 0 saturated heterocycles. The van der Waals surface area contributed by atoms with Gasteiger partial charge in [-0.1, -0.05) is 12.1 Å². The van der Waals surface area contributed by atoms with E-state index in [4.69, 9.17) is 0 Å². The summed E-state index contributed by atoms with van der Waals surface area (Å²) >= 11 is 0. The molecule has 3 aromatic rings. The second-order valence-electron chi connectivity index (χ2n) is 5.19. The largest absolute Gasteiger partial charge is 0.478 e. The van der Waals surface area contributed by atoms with Crippen molar-refractivity contribution >= 4 is 5.97 Å². The Morgan fingerprint density at radius 2 is 1.83 bits per heavy atom. The minimum Gasteiger partial charge on any atom is -0.478 e. The lowest BCUT2D eigenvalue weighted by Crippen LogP contribution is -2.02. The molecule has 0 aliphatic heterocycles. The van der Waals surface area contributed by atoms with Gasteiger partial charge in [0.2, 0.25) is 0 Å². The molecular weight excluding hydrogens is 295 g/mol. The van der Waals surface area contributed by atoms with E-state index in [0.29, 0.717) is 11.1 Å². The summed E-state index contributed by atoms with van der Waals surface area (Å²) in [6, 6.07) is 9.16. The zero-order valence-electron chi connectivity index (χ0n) is 12.3. The van der Waals surface area contributed by atoms with E-state index >= 15 is 0 Å². The van der Waals surface area contributed by atoms with E-state index in [2.05, 4.69) is 9.97 Å². The molecular formula is C18H13FN2O2. The Labute approximate surface area is 132 Å². The van der Waals surface area contributed by atoms with Gasteiger partial charge in [0.1, 0.15) is 5.82 Å². The molecule has 0 spiro atoms. The topological polar surface area (TPSA) is 63.1 Å². The molecule has 0 aliphatic carbocycles. The van der Waals surface area contributed by atoms with Crippen molar-refractivity contribution < 1.29 is 14.3 Å². The zero-order chi connectivity index (χ0) is 16.4. The third-order valence-corrected chi connectivity index (χ3v) is 3.42. The highest BCUT2D eigenvalue weighted by Crippen LogP contribution is 2.27. The van der Waals surface area contributed by atoms with E-state index in [1.807, 2.05) is 13.0 Å². The molecule has 0 radical (unpaired) electrons. The second-order valence-corrected chi connectivity index (χ2v) is 5.19. The predicted octanol–water partition coefficient (Wildman–Crippen LogP) is 3.96. The minimum atomic E-state index is -1.11. The van der Waals surface area contributed by atoms with Crippen LogP contribution in [0, 0.1) is 12.7 Å². The molecule has 0 aliphatic rings. The summed E-state index contributed by atoms with van der Waals surface area (Å²) in [4.78, 5) is 19.9. The van der Waals surface area contributed by atoms with Crippen molar-refractivity contribution in [2.45, 2.75) is 6.92 Å². The molecule has 1 N–H and O–H groups in total. The summed E-state index contributed by atoms with van der Waals surface area (Å²) in [6.45, 7) is 1.91. The lowest BCUT2D eigenvalue weighted by molar-refractivity contribution is 0.0697. The van der Waals surface area contributed by atoms with Gasteiger partial charge in [0.05, 0.1) is 11.3 Å². The number of carbonyl (C=O) groups is 1. The predicted molar refractivity (Wildman–Crippen MR) is 84.6 cm³/mol. The fourth-order valence-electron chi connectivity index (χ4n) is 2.36. The number of rotatable bonds is 3. The normalized spacial score (nSPS) is 10.5. The SMILES string of the molecule is Cc1cncc(-c2cnc(-c3cccc(F)c3)c(C(=O)O)c2)c1. The summed E-state index contributed by atoms with van der Waals surface area (Å²) in [5.41, 5.74) is 3.09. The van der Waals surface area contributed by atoms with Gasteiger partial charge in [0, 0.05) is 35.3 Å². The van der Waals surface area contributed by atoms with Gasteiger partial charge < -0.3 is 5.11 Å². The number of pyridine rings is 2. The summed E-state index contributed by atoms with van der Waals surface area (Å²) in [5, 5.41) is 9.47. The van der Waals surface area contributed by atoms with E-state index in [0.717, 1.165) is 11.1 Å². The first-order chi connectivity index (χ1) is 11.0. The van der Waals surface area contributed by atoms with E-state index in [9.17, 15) is 14.3 Å². The third-order valence-electron chi connectivity index (χ3n) is 3.42. The van der Waals surface area contributed by atoms with Crippen molar-refractivity contribution in [1.29, 1.82) is 0 Å². The molecule has 23 heavy (non-hydrogen) atoms. The van der Waals surface area contributed by atoms with Crippen molar-refractivity contribution in [3.05, 3.63) is 71.9 Å². The van der Waals surface area contributed by atoms with Crippen LogP contribution in [0.3, 0.4) is 0 Å². The van der Waals surface area contributed by atoms with Crippen molar-refractivity contribution in [2.75, 3.05) is 0 Å². The molecule has 114 valence electrons. The van der Waals surface area contributed by atoms with Gasteiger partial charge in [-0.25, -0.2) is 9.18 Å². The standard InChI is InChI=1S/C18H13FN2O2/c1-11-5-13(9-20-8-11)14-7-16(18(22)23)17(21-10-14)12-3-2-4-15(19)6-12/h2-10H,1H3,(H,22,23). The van der Waals surface area contributed by atoms with Gasteiger partial charge in [-0.05, 0) is 36.8 Å². The van der Waals surface area contributed by atoms with Crippen LogP contribution >= 0.6 is 0 Å². The van der Waals surface area contributed by atoms with E-state index in [-0.39, 0.29) is 11.3 Å². The van der Waals surface area contributed by atoms with Crippen LogP contribution in [-0.4, -0.2) is 21.0 Å².